The summed E-state index contributed by atoms with van der Waals surface area (Å²) in [6.07, 6.45) is 6.08. The smallest absolute Gasteiger partial charge is 0.131 e. The van der Waals surface area contributed by atoms with E-state index in [2.05, 4.69) is 25.8 Å². The Hall–Kier alpha value is -0.370. The molecule has 0 aromatic rings. The number of ketones is 1. The highest BCUT2D eigenvalue weighted by molar-refractivity contribution is 5.76. The molecule has 88 valence electrons. The van der Waals surface area contributed by atoms with Crippen LogP contribution >= 0.6 is 0 Å². The summed E-state index contributed by atoms with van der Waals surface area (Å²) in [5, 5.41) is 0. The largest absolute Gasteiger partial charge is 0.300 e. The molecule has 2 heteroatoms. The van der Waals surface area contributed by atoms with Gasteiger partial charge in [0.1, 0.15) is 5.78 Å². The summed E-state index contributed by atoms with van der Waals surface area (Å²) in [5.41, 5.74) is 0. The first kappa shape index (κ1) is 12.7. The maximum atomic E-state index is 11.1. The van der Waals surface area contributed by atoms with E-state index in [9.17, 15) is 4.79 Å². The lowest BCUT2D eigenvalue weighted by atomic mass is 9.84. The number of Topliss-reactive ketones (excluding diaryl/α,β-unsaturated/α-hetero) is 1. The number of carbonyl (C=O) groups is 1. The highest BCUT2D eigenvalue weighted by Gasteiger charge is 2.27. The van der Waals surface area contributed by atoms with Crippen LogP contribution in [-0.2, 0) is 4.79 Å². The number of hydrogen-bond donors (Lipinski definition) is 0. The Labute approximate surface area is 94.0 Å². The number of carbonyl (C=O) groups excluding carboxylic acids is 1. The van der Waals surface area contributed by atoms with Crippen LogP contribution in [-0.4, -0.2) is 29.8 Å². The Morgan fingerprint density at radius 2 is 2.00 bits per heavy atom. The summed E-state index contributed by atoms with van der Waals surface area (Å²) in [7, 11) is 2.18. The molecule has 0 aliphatic heterocycles. The highest BCUT2D eigenvalue weighted by Crippen LogP contribution is 2.28. The average Bonchev–Trinajstić information content (AvgIpc) is 2.16. The van der Waals surface area contributed by atoms with Gasteiger partial charge in [-0.05, 0) is 39.7 Å². The second kappa shape index (κ2) is 5.64. The Kier molecular flexibility index (Phi) is 4.78. The van der Waals surface area contributed by atoms with E-state index >= 15 is 0 Å². The van der Waals surface area contributed by atoms with Crippen molar-refractivity contribution in [1.82, 2.24) is 4.90 Å². The van der Waals surface area contributed by atoms with E-state index in [0.717, 1.165) is 5.92 Å². The molecule has 0 aromatic carbocycles. The fourth-order valence-electron chi connectivity index (χ4n) is 2.79. The summed E-state index contributed by atoms with van der Waals surface area (Å²) in [5.74, 6) is 1.09. The van der Waals surface area contributed by atoms with Crippen molar-refractivity contribution in [1.29, 1.82) is 0 Å². The topological polar surface area (TPSA) is 20.3 Å². The minimum absolute atomic E-state index is 0.304. The van der Waals surface area contributed by atoms with E-state index in [0.29, 0.717) is 24.3 Å². The zero-order chi connectivity index (χ0) is 11.4. The SMILES string of the molecule is CC(=O)CC(C)N(C)C1CCCCC1C. The van der Waals surface area contributed by atoms with Gasteiger partial charge in [0.25, 0.3) is 0 Å². The standard InChI is InChI=1S/C13H25NO/c1-10-7-5-6-8-13(10)14(4)11(2)9-12(3)15/h10-11,13H,5-9H2,1-4H3. The van der Waals surface area contributed by atoms with Gasteiger partial charge in [-0.25, -0.2) is 0 Å². The van der Waals surface area contributed by atoms with E-state index in [1.807, 2.05) is 0 Å². The first-order valence-electron chi connectivity index (χ1n) is 6.23. The van der Waals surface area contributed by atoms with Crippen LogP contribution in [0.2, 0.25) is 0 Å². The van der Waals surface area contributed by atoms with Gasteiger partial charge in [0.15, 0.2) is 0 Å². The van der Waals surface area contributed by atoms with Crippen LogP contribution in [0.25, 0.3) is 0 Å². The molecule has 0 bridgehead atoms. The second-order valence-corrected chi connectivity index (χ2v) is 5.25. The summed E-state index contributed by atoms with van der Waals surface area (Å²) >= 11 is 0. The summed E-state index contributed by atoms with van der Waals surface area (Å²) in [6, 6.07) is 1.08. The van der Waals surface area contributed by atoms with Gasteiger partial charge in [-0.3, -0.25) is 4.79 Å². The second-order valence-electron chi connectivity index (χ2n) is 5.25. The third-order valence-electron chi connectivity index (χ3n) is 3.87. The fourth-order valence-corrected chi connectivity index (χ4v) is 2.79. The Balaban J connectivity index is 2.49. The molecule has 3 unspecified atom stereocenters. The monoisotopic (exact) mass is 211 g/mol. The van der Waals surface area contributed by atoms with Crippen LogP contribution in [0.5, 0.6) is 0 Å². The van der Waals surface area contributed by atoms with E-state index in [1.165, 1.54) is 25.7 Å². The van der Waals surface area contributed by atoms with Crippen molar-refractivity contribution in [2.45, 2.75) is 65.0 Å². The molecule has 0 radical (unpaired) electrons. The lowest BCUT2D eigenvalue weighted by molar-refractivity contribution is -0.118. The minimum Gasteiger partial charge on any atom is -0.300 e. The van der Waals surface area contributed by atoms with Gasteiger partial charge in [-0.15, -0.1) is 0 Å². The van der Waals surface area contributed by atoms with Gasteiger partial charge < -0.3 is 4.90 Å². The average molecular weight is 211 g/mol. The molecule has 2 nitrogen and oxygen atoms in total. The molecule has 0 amide bonds. The van der Waals surface area contributed by atoms with Crippen molar-refractivity contribution in [2.75, 3.05) is 7.05 Å². The van der Waals surface area contributed by atoms with Gasteiger partial charge in [-0.2, -0.15) is 0 Å². The van der Waals surface area contributed by atoms with Crippen molar-refractivity contribution in [3.63, 3.8) is 0 Å². The predicted octanol–water partition coefficient (Wildman–Crippen LogP) is 2.86. The molecule has 15 heavy (non-hydrogen) atoms. The maximum Gasteiger partial charge on any atom is 0.131 e. The molecule has 1 rings (SSSR count). The van der Waals surface area contributed by atoms with Gasteiger partial charge >= 0.3 is 0 Å². The predicted molar refractivity (Wildman–Crippen MR) is 63.9 cm³/mol. The highest BCUT2D eigenvalue weighted by atomic mass is 16.1. The van der Waals surface area contributed by atoms with E-state index in [4.69, 9.17) is 0 Å². The van der Waals surface area contributed by atoms with Crippen molar-refractivity contribution in [2.24, 2.45) is 5.92 Å². The van der Waals surface area contributed by atoms with Crippen molar-refractivity contribution in [3.8, 4) is 0 Å². The van der Waals surface area contributed by atoms with Gasteiger partial charge in [0.05, 0.1) is 0 Å². The maximum absolute atomic E-state index is 11.1. The molecule has 1 aliphatic carbocycles. The number of nitrogens with zero attached hydrogens (tertiary/aromatic N) is 1. The normalized spacial score (nSPS) is 29.1. The van der Waals surface area contributed by atoms with Gasteiger partial charge in [-0.1, -0.05) is 19.8 Å². The summed E-state index contributed by atoms with van der Waals surface area (Å²) in [6.45, 7) is 6.21. The van der Waals surface area contributed by atoms with Crippen LogP contribution in [0.15, 0.2) is 0 Å². The lowest BCUT2D eigenvalue weighted by Gasteiger charge is -2.39. The zero-order valence-corrected chi connectivity index (χ0v) is 10.6. The van der Waals surface area contributed by atoms with Crippen molar-refractivity contribution >= 4 is 5.78 Å². The van der Waals surface area contributed by atoms with Crippen molar-refractivity contribution < 1.29 is 4.79 Å². The Morgan fingerprint density at radius 3 is 2.53 bits per heavy atom. The van der Waals surface area contributed by atoms with Crippen LogP contribution in [0.4, 0.5) is 0 Å². The molecule has 0 N–H and O–H groups in total. The summed E-state index contributed by atoms with van der Waals surface area (Å²) in [4.78, 5) is 13.5. The third kappa shape index (κ3) is 3.60. The molecular formula is C13H25NO. The quantitative estimate of drug-likeness (QED) is 0.712. The first-order chi connectivity index (χ1) is 7.02. The Morgan fingerprint density at radius 1 is 1.40 bits per heavy atom. The molecular weight excluding hydrogens is 186 g/mol. The van der Waals surface area contributed by atoms with Crippen LogP contribution in [0.3, 0.4) is 0 Å². The summed E-state index contributed by atoms with van der Waals surface area (Å²) < 4.78 is 0. The molecule has 1 saturated carbocycles. The molecule has 0 aromatic heterocycles. The molecule has 0 heterocycles. The molecule has 0 spiro atoms. The fraction of sp³-hybridized carbons (Fsp3) is 0.923. The van der Waals surface area contributed by atoms with Crippen LogP contribution in [0, 0.1) is 5.92 Å². The van der Waals surface area contributed by atoms with E-state index in [-0.39, 0.29) is 0 Å². The minimum atomic E-state index is 0.304. The van der Waals surface area contributed by atoms with Gasteiger partial charge in [0.2, 0.25) is 0 Å². The molecule has 1 aliphatic rings. The van der Waals surface area contributed by atoms with Crippen LogP contribution in [0.1, 0.15) is 52.9 Å². The van der Waals surface area contributed by atoms with Crippen LogP contribution < -0.4 is 0 Å². The molecule has 3 atom stereocenters. The van der Waals surface area contributed by atoms with Crippen molar-refractivity contribution in [3.05, 3.63) is 0 Å². The first-order valence-corrected chi connectivity index (χ1v) is 6.23. The molecule has 0 saturated heterocycles. The number of hydrogen-bond acceptors (Lipinski definition) is 2. The molecule has 1 fully saturated rings. The van der Waals surface area contributed by atoms with Gasteiger partial charge in [0, 0.05) is 18.5 Å². The lowest BCUT2D eigenvalue weighted by Crippen LogP contribution is -2.44. The third-order valence-corrected chi connectivity index (χ3v) is 3.87. The van der Waals surface area contributed by atoms with E-state index < -0.39 is 0 Å². The van der Waals surface area contributed by atoms with E-state index in [1.54, 1.807) is 6.92 Å². The number of rotatable bonds is 4. The Bertz CT molecular complexity index is 215. The zero-order valence-electron chi connectivity index (χ0n) is 10.6.